The summed E-state index contributed by atoms with van der Waals surface area (Å²) in [5.74, 6) is -1.26. The van der Waals surface area contributed by atoms with E-state index in [1.165, 1.54) is 0 Å². The summed E-state index contributed by atoms with van der Waals surface area (Å²) in [6, 6.07) is 8.28. The van der Waals surface area contributed by atoms with E-state index in [9.17, 15) is 13.2 Å². The van der Waals surface area contributed by atoms with Crippen molar-refractivity contribution in [2.24, 2.45) is 5.92 Å². The van der Waals surface area contributed by atoms with Gasteiger partial charge in [-0.2, -0.15) is 13.2 Å². The van der Waals surface area contributed by atoms with E-state index in [1.807, 2.05) is 6.07 Å². The Morgan fingerprint density at radius 3 is 2.44 bits per heavy atom. The maximum Gasteiger partial charge on any atom is 0.393 e. The van der Waals surface area contributed by atoms with Crippen LogP contribution in [0.2, 0.25) is 0 Å². The molecular weight excluding hydrogens is 215 g/mol. The molecule has 1 aliphatic heterocycles. The first kappa shape index (κ1) is 11.5. The van der Waals surface area contributed by atoms with Crippen molar-refractivity contribution in [3.63, 3.8) is 0 Å². The quantitative estimate of drug-likeness (QED) is 0.779. The summed E-state index contributed by atoms with van der Waals surface area (Å²) in [6.07, 6.45) is -3.31. The zero-order valence-corrected chi connectivity index (χ0v) is 8.80. The van der Waals surface area contributed by atoms with Crippen molar-refractivity contribution in [2.45, 2.75) is 25.1 Å². The molecule has 1 aromatic carbocycles. The molecule has 0 aromatic heterocycles. The molecule has 1 fully saturated rings. The highest BCUT2D eigenvalue weighted by atomic mass is 19.4. The first-order valence-corrected chi connectivity index (χ1v) is 5.44. The fraction of sp³-hybridized carbons (Fsp3) is 0.500. The summed E-state index contributed by atoms with van der Waals surface area (Å²) in [7, 11) is 0. The highest BCUT2D eigenvalue weighted by Gasteiger charge is 2.45. The average molecular weight is 229 g/mol. The molecule has 1 aromatic rings. The van der Waals surface area contributed by atoms with Crippen LogP contribution in [-0.4, -0.2) is 12.7 Å². The van der Waals surface area contributed by atoms with Gasteiger partial charge in [-0.25, -0.2) is 0 Å². The molecule has 0 spiro atoms. The third-order valence-electron chi connectivity index (χ3n) is 3.04. The minimum Gasteiger partial charge on any atom is -0.309 e. The molecule has 1 heterocycles. The van der Waals surface area contributed by atoms with Gasteiger partial charge >= 0.3 is 6.18 Å². The predicted octanol–water partition coefficient (Wildman–Crippen LogP) is 3.29. The molecule has 0 aliphatic carbocycles. The summed E-state index contributed by atoms with van der Waals surface area (Å²) in [5.41, 5.74) is 0.726. The minimum atomic E-state index is -4.12. The van der Waals surface area contributed by atoms with E-state index >= 15 is 0 Å². The van der Waals surface area contributed by atoms with Crippen LogP contribution in [0.3, 0.4) is 0 Å². The van der Waals surface area contributed by atoms with Crippen molar-refractivity contribution in [1.82, 2.24) is 5.32 Å². The molecule has 0 unspecified atom stereocenters. The number of rotatable bonds is 1. The van der Waals surface area contributed by atoms with Gasteiger partial charge in [-0.3, -0.25) is 0 Å². The van der Waals surface area contributed by atoms with Gasteiger partial charge in [0.1, 0.15) is 0 Å². The predicted molar refractivity (Wildman–Crippen MR) is 56.0 cm³/mol. The van der Waals surface area contributed by atoms with E-state index in [0.29, 0.717) is 13.0 Å². The number of alkyl halides is 3. The smallest absolute Gasteiger partial charge is 0.309 e. The number of hydrogen-bond donors (Lipinski definition) is 1. The van der Waals surface area contributed by atoms with E-state index < -0.39 is 18.1 Å². The summed E-state index contributed by atoms with van der Waals surface area (Å²) in [6.45, 7) is 0.659. The maximum absolute atomic E-state index is 12.8. The van der Waals surface area contributed by atoms with Gasteiger partial charge in [0.15, 0.2) is 0 Å². The molecule has 1 nitrogen and oxygen atoms in total. The summed E-state index contributed by atoms with van der Waals surface area (Å²) in [5, 5.41) is 2.97. The fourth-order valence-electron chi connectivity index (χ4n) is 2.25. The van der Waals surface area contributed by atoms with Crippen LogP contribution in [0, 0.1) is 5.92 Å². The van der Waals surface area contributed by atoms with Crippen molar-refractivity contribution < 1.29 is 13.2 Å². The van der Waals surface area contributed by atoms with Crippen LogP contribution in [-0.2, 0) is 0 Å². The first-order valence-electron chi connectivity index (χ1n) is 5.44. The van der Waals surface area contributed by atoms with Crippen LogP contribution in [0.5, 0.6) is 0 Å². The molecule has 4 heteroatoms. The highest BCUT2D eigenvalue weighted by molar-refractivity contribution is 5.20. The zero-order chi connectivity index (χ0) is 11.6. The molecular formula is C12H14F3N. The van der Waals surface area contributed by atoms with Gasteiger partial charge in [-0.05, 0) is 24.9 Å². The van der Waals surface area contributed by atoms with E-state index in [0.717, 1.165) is 5.56 Å². The van der Waals surface area contributed by atoms with Crippen LogP contribution < -0.4 is 5.32 Å². The molecule has 88 valence electrons. The standard InChI is InChI=1S/C12H14F3N/c13-12(14,15)10-7-4-8-16-11(10)9-5-2-1-3-6-9/h1-3,5-6,10-11,16H,4,7-8H2/t10-,11+/m1/s1. The van der Waals surface area contributed by atoms with Crippen molar-refractivity contribution >= 4 is 0 Å². The van der Waals surface area contributed by atoms with Crippen molar-refractivity contribution in [2.75, 3.05) is 6.54 Å². The Morgan fingerprint density at radius 1 is 1.12 bits per heavy atom. The molecule has 2 rings (SSSR count). The highest BCUT2D eigenvalue weighted by Crippen LogP contribution is 2.40. The van der Waals surface area contributed by atoms with Crippen LogP contribution in [0.15, 0.2) is 30.3 Å². The maximum atomic E-state index is 12.8. The van der Waals surface area contributed by atoms with Crippen LogP contribution in [0.1, 0.15) is 24.4 Å². The lowest BCUT2D eigenvalue weighted by Gasteiger charge is -2.34. The van der Waals surface area contributed by atoms with Gasteiger partial charge in [-0.1, -0.05) is 30.3 Å². The largest absolute Gasteiger partial charge is 0.393 e. The van der Waals surface area contributed by atoms with Gasteiger partial charge in [0.05, 0.1) is 5.92 Å². The van der Waals surface area contributed by atoms with E-state index in [4.69, 9.17) is 0 Å². The lowest BCUT2D eigenvalue weighted by atomic mass is 9.86. The van der Waals surface area contributed by atoms with E-state index in [1.54, 1.807) is 24.3 Å². The topological polar surface area (TPSA) is 12.0 Å². The van der Waals surface area contributed by atoms with Crippen molar-refractivity contribution in [3.8, 4) is 0 Å². The van der Waals surface area contributed by atoms with Crippen LogP contribution >= 0.6 is 0 Å². The summed E-state index contributed by atoms with van der Waals surface area (Å²) < 4.78 is 38.5. The van der Waals surface area contributed by atoms with E-state index in [2.05, 4.69) is 5.32 Å². The molecule has 1 aliphatic rings. The second kappa shape index (κ2) is 4.45. The Bertz CT molecular complexity index is 334. The number of nitrogens with one attached hydrogen (secondary N) is 1. The fourth-order valence-corrected chi connectivity index (χ4v) is 2.25. The van der Waals surface area contributed by atoms with Crippen molar-refractivity contribution in [3.05, 3.63) is 35.9 Å². The molecule has 2 atom stereocenters. The molecule has 1 saturated heterocycles. The summed E-state index contributed by atoms with van der Waals surface area (Å²) >= 11 is 0. The number of benzene rings is 1. The third-order valence-corrected chi connectivity index (χ3v) is 3.04. The van der Waals surface area contributed by atoms with Gasteiger partial charge in [-0.15, -0.1) is 0 Å². The molecule has 16 heavy (non-hydrogen) atoms. The number of halogens is 3. The minimum absolute atomic E-state index is 0.218. The molecule has 0 radical (unpaired) electrons. The lowest BCUT2D eigenvalue weighted by Crippen LogP contribution is -2.41. The zero-order valence-electron chi connectivity index (χ0n) is 8.80. The Morgan fingerprint density at radius 2 is 1.81 bits per heavy atom. The molecule has 0 amide bonds. The van der Waals surface area contributed by atoms with Crippen LogP contribution in [0.4, 0.5) is 13.2 Å². The normalized spacial score (nSPS) is 26.7. The monoisotopic (exact) mass is 229 g/mol. The number of piperidine rings is 1. The van der Waals surface area contributed by atoms with Crippen LogP contribution in [0.25, 0.3) is 0 Å². The Kier molecular flexibility index (Phi) is 3.19. The average Bonchev–Trinajstić information content (AvgIpc) is 2.29. The van der Waals surface area contributed by atoms with Gasteiger partial charge in [0.2, 0.25) is 0 Å². The molecule has 1 N–H and O–H groups in total. The van der Waals surface area contributed by atoms with Crippen molar-refractivity contribution in [1.29, 1.82) is 0 Å². The Balaban J connectivity index is 2.24. The number of hydrogen-bond acceptors (Lipinski definition) is 1. The molecule has 0 bridgehead atoms. The Hall–Kier alpha value is -1.03. The summed E-state index contributed by atoms with van der Waals surface area (Å²) in [4.78, 5) is 0. The molecule has 0 saturated carbocycles. The second-order valence-electron chi connectivity index (χ2n) is 4.13. The first-order chi connectivity index (χ1) is 7.59. The lowest BCUT2D eigenvalue weighted by molar-refractivity contribution is -0.189. The van der Waals surface area contributed by atoms with Gasteiger partial charge in [0.25, 0.3) is 0 Å². The second-order valence-corrected chi connectivity index (χ2v) is 4.13. The van der Waals surface area contributed by atoms with E-state index in [-0.39, 0.29) is 6.42 Å². The van der Waals surface area contributed by atoms with Gasteiger partial charge < -0.3 is 5.32 Å². The van der Waals surface area contributed by atoms with Gasteiger partial charge in [0, 0.05) is 6.04 Å². The Labute approximate surface area is 92.7 Å². The SMILES string of the molecule is FC(F)(F)[C@@H]1CCCN[C@H]1c1ccccc1. The third kappa shape index (κ3) is 2.38.